The number of hydrogen-bond donors (Lipinski definition) is 0. The summed E-state index contributed by atoms with van der Waals surface area (Å²) in [5.74, 6) is 0.755. The molecule has 0 aliphatic carbocycles. The van der Waals surface area contributed by atoms with E-state index in [9.17, 15) is 0 Å². The molecule has 10 heavy (non-hydrogen) atoms. The van der Waals surface area contributed by atoms with Crippen LogP contribution in [0.3, 0.4) is 0 Å². The fraction of sp³-hybridized carbons (Fsp3) is 0.375. The summed E-state index contributed by atoms with van der Waals surface area (Å²) in [6.07, 6.45) is 5.45. The van der Waals surface area contributed by atoms with Gasteiger partial charge in [0.1, 0.15) is 11.9 Å². The topological polar surface area (TPSA) is 22.1 Å². The molecule has 0 N–H and O–H groups in total. The monoisotopic (exact) mass is 136 g/mol. The van der Waals surface area contributed by atoms with Crippen LogP contribution in [-0.4, -0.2) is 12.1 Å². The predicted molar refractivity (Wildman–Crippen MR) is 39.0 cm³/mol. The summed E-state index contributed by atoms with van der Waals surface area (Å²) in [4.78, 5) is 3.81. The van der Waals surface area contributed by atoms with Gasteiger partial charge < -0.3 is 4.74 Å². The Morgan fingerprint density at radius 1 is 1.70 bits per heavy atom. The highest BCUT2D eigenvalue weighted by Gasteiger charge is 1.97. The maximum Gasteiger partial charge on any atom is 0.150 e. The van der Waals surface area contributed by atoms with Crippen LogP contribution in [-0.2, 0) is 6.42 Å². The quantitative estimate of drug-likeness (QED) is 0.614. The van der Waals surface area contributed by atoms with Crippen molar-refractivity contribution in [3.8, 4) is 5.75 Å². The van der Waals surface area contributed by atoms with Gasteiger partial charge in [0.15, 0.2) is 0 Å². The van der Waals surface area contributed by atoms with E-state index in [-0.39, 0.29) is 0 Å². The van der Waals surface area contributed by atoms with Gasteiger partial charge in [-0.2, -0.15) is 0 Å². The van der Waals surface area contributed by atoms with E-state index < -0.39 is 0 Å². The first kappa shape index (κ1) is 7.06. The van der Waals surface area contributed by atoms with E-state index in [0.717, 1.165) is 17.7 Å². The van der Waals surface area contributed by atoms with Crippen molar-refractivity contribution in [1.29, 1.82) is 0 Å². The molecule has 0 saturated carbocycles. The molecular formula is C8H10NO. The average Bonchev–Trinajstić information content (AvgIpc) is 2.04. The molecule has 1 aromatic heterocycles. The number of methoxy groups -OCH3 is 1. The van der Waals surface area contributed by atoms with Gasteiger partial charge in [0.05, 0.1) is 7.11 Å². The van der Waals surface area contributed by atoms with Crippen LogP contribution in [0.5, 0.6) is 5.75 Å². The Morgan fingerprint density at radius 3 is 3.00 bits per heavy atom. The van der Waals surface area contributed by atoms with Gasteiger partial charge >= 0.3 is 0 Å². The van der Waals surface area contributed by atoms with E-state index in [2.05, 4.69) is 18.1 Å². The normalized spacial score (nSPS) is 9.40. The number of nitrogens with zero attached hydrogens (tertiary/aromatic N) is 1. The number of aryl methyl sites for hydroxylation is 1. The van der Waals surface area contributed by atoms with Crippen LogP contribution in [0.25, 0.3) is 0 Å². The number of pyridine rings is 1. The van der Waals surface area contributed by atoms with Crippen molar-refractivity contribution >= 4 is 0 Å². The SMILES string of the molecule is CCc1ccn[c]c1OC. The van der Waals surface area contributed by atoms with Crippen molar-refractivity contribution in [2.75, 3.05) is 7.11 Å². The van der Waals surface area contributed by atoms with E-state index in [4.69, 9.17) is 4.74 Å². The van der Waals surface area contributed by atoms with Crippen LogP contribution >= 0.6 is 0 Å². The van der Waals surface area contributed by atoms with Crippen molar-refractivity contribution in [3.63, 3.8) is 0 Å². The molecule has 0 unspecified atom stereocenters. The van der Waals surface area contributed by atoms with Crippen LogP contribution in [0.15, 0.2) is 12.3 Å². The molecule has 0 amide bonds. The van der Waals surface area contributed by atoms with Crippen molar-refractivity contribution in [2.45, 2.75) is 13.3 Å². The van der Waals surface area contributed by atoms with Crippen LogP contribution in [0.2, 0.25) is 0 Å². The third kappa shape index (κ3) is 1.26. The first-order chi connectivity index (χ1) is 4.88. The summed E-state index contributed by atoms with van der Waals surface area (Å²) in [5.41, 5.74) is 1.15. The molecule has 1 heterocycles. The van der Waals surface area contributed by atoms with Crippen LogP contribution in [0.4, 0.5) is 0 Å². The van der Waals surface area contributed by atoms with E-state index in [1.54, 1.807) is 13.3 Å². The predicted octanol–water partition coefficient (Wildman–Crippen LogP) is 1.45. The summed E-state index contributed by atoms with van der Waals surface area (Å²) in [6.45, 7) is 2.08. The van der Waals surface area contributed by atoms with Crippen LogP contribution < -0.4 is 4.74 Å². The molecule has 0 atom stereocenters. The number of rotatable bonds is 2. The third-order valence-corrected chi connectivity index (χ3v) is 1.39. The minimum atomic E-state index is 0.755. The molecule has 0 spiro atoms. The van der Waals surface area contributed by atoms with Crippen LogP contribution in [0, 0.1) is 6.20 Å². The molecule has 53 valence electrons. The summed E-state index contributed by atoms with van der Waals surface area (Å²) in [6, 6.07) is 1.94. The van der Waals surface area contributed by atoms with Gasteiger partial charge in [0.25, 0.3) is 0 Å². The molecule has 1 aromatic rings. The summed E-state index contributed by atoms with van der Waals surface area (Å²) in [5, 5.41) is 0. The Kier molecular flexibility index (Phi) is 2.26. The summed E-state index contributed by atoms with van der Waals surface area (Å²) < 4.78 is 5.02. The fourth-order valence-electron chi connectivity index (χ4n) is 0.826. The van der Waals surface area contributed by atoms with Gasteiger partial charge in [0, 0.05) is 6.20 Å². The van der Waals surface area contributed by atoms with Gasteiger partial charge in [-0.15, -0.1) is 0 Å². The zero-order valence-corrected chi connectivity index (χ0v) is 6.22. The molecular weight excluding hydrogens is 126 g/mol. The fourth-order valence-corrected chi connectivity index (χ4v) is 0.826. The van der Waals surface area contributed by atoms with Crippen molar-refractivity contribution < 1.29 is 4.74 Å². The molecule has 0 saturated heterocycles. The number of ether oxygens (including phenoxy) is 1. The lowest BCUT2D eigenvalue weighted by Crippen LogP contribution is -1.90. The first-order valence-electron chi connectivity index (χ1n) is 3.28. The second-order valence-corrected chi connectivity index (χ2v) is 1.97. The highest BCUT2D eigenvalue weighted by Crippen LogP contribution is 2.14. The van der Waals surface area contributed by atoms with E-state index >= 15 is 0 Å². The zero-order chi connectivity index (χ0) is 7.40. The maximum atomic E-state index is 5.02. The molecule has 1 rings (SSSR count). The minimum Gasteiger partial charge on any atom is -0.494 e. The lowest BCUT2D eigenvalue weighted by molar-refractivity contribution is 0.407. The second-order valence-electron chi connectivity index (χ2n) is 1.97. The maximum absolute atomic E-state index is 5.02. The molecule has 1 radical (unpaired) electrons. The summed E-state index contributed by atoms with van der Waals surface area (Å²) >= 11 is 0. The third-order valence-electron chi connectivity index (χ3n) is 1.39. The van der Waals surface area contributed by atoms with Crippen molar-refractivity contribution in [1.82, 2.24) is 4.98 Å². The lowest BCUT2D eigenvalue weighted by Gasteiger charge is -2.02. The zero-order valence-electron chi connectivity index (χ0n) is 6.22. The van der Waals surface area contributed by atoms with Gasteiger partial charge in [-0.05, 0) is 18.1 Å². The first-order valence-corrected chi connectivity index (χ1v) is 3.28. The highest BCUT2D eigenvalue weighted by molar-refractivity contribution is 5.28. The molecule has 2 heteroatoms. The Morgan fingerprint density at radius 2 is 2.50 bits per heavy atom. The van der Waals surface area contributed by atoms with Crippen LogP contribution in [0.1, 0.15) is 12.5 Å². The molecule has 2 nitrogen and oxygen atoms in total. The van der Waals surface area contributed by atoms with E-state index in [1.165, 1.54) is 0 Å². The minimum absolute atomic E-state index is 0.755. The van der Waals surface area contributed by atoms with Gasteiger partial charge in [0.2, 0.25) is 0 Å². The Bertz CT molecular complexity index is 187. The Hall–Kier alpha value is -1.05. The second kappa shape index (κ2) is 3.20. The van der Waals surface area contributed by atoms with Gasteiger partial charge in [-0.25, -0.2) is 0 Å². The van der Waals surface area contributed by atoms with Crippen molar-refractivity contribution in [2.24, 2.45) is 0 Å². The molecule has 0 aliphatic rings. The molecule has 0 aliphatic heterocycles. The average molecular weight is 136 g/mol. The smallest absolute Gasteiger partial charge is 0.150 e. The van der Waals surface area contributed by atoms with Gasteiger partial charge in [-0.3, -0.25) is 4.98 Å². The van der Waals surface area contributed by atoms with Gasteiger partial charge in [-0.1, -0.05) is 6.92 Å². The number of hydrogen-bond acceptors (Lipinski definition) is 2. The standard InChI is InChI=1S/C8H10NO/c1-3-7-4-5-9-6-8(7)10-2/h4-5H,3H2,1-2H3. The Labute approximate surface area is 60.9 Å². The van der Waals surface area contributed by atoms with E-state index in [0.29, 0.717) is 0 Å². The number of aromatic nitrogens is 1. The molecule has 0 aromatic carbocycles. The molecule has 0 bridgehead atoms. The van der Waals surface area contributed by atoms with Crippen molar-refractivity contribution in [3.05, 3.63) is 24.0 Å². The lowest BCUT2D eigenvalue weighted by atomic mass is 10.2. The largest absolute Gasteiger partial charge is 0.494 e. The van der Waals surface area contributed by atoms with E-state index in [1.807, 2.05) is 6.07 Å². The summed E-state index contributed by atoms with van der Waals surface area (Å²) in [7, 11) is 1.63. The molecule has 0 fully saturated rings. The highest BCUT2D eigenvalue weighted by atomic mass is 16.5. The Balaban J connectivity index is 2.96.